The van der Waals surface area contributed by atoms with Crippen LogP contribution in [0.1, 0.15) is 13.3 Å². The van der Waals surface area contributed by atoms with Gasteiger partial charge in [0.1, 0.15) is 0 Å². The van der Waals surface area contributed by atoms with Crippen molar-refractivity contribution in [1.82, 2.24) is 0 Å². The smallest absolute Gasteiger partial charge is 0.0701 e. The lowest BCUT2D eigenvalue weighted by atomic mass is 9.84. The van der Waals surface area contributed by atoms with Crippen LogP contribution in [0.4, 0.5) is 0 Å². The van der Waals surface area contributed by atoms with Gasteiger partial charge >= 0.3 is 0 Å². The van der Waals surface area contributed by atoms with Gasteiger partial charge in [0.05, 0.1) is 59.5 Å². The Balaban J connectivity index is 1.81. The van der Waals surface area contributed by atoms with Crippen LogP contribution in [0.15, 0.2) is 0 Å². The molecule has 0 radical (unpaired) electrons. The molecule has 1 N–H and O–H groups in total. The zero-order valence-corrected chi connectivity index (χ0v) is 10.7. The van der Waals surface area contributed by atoms with Gasteiger partial charge in [0.2, 0.25) is 0 Å². The predicted molar refractivity (Wildman–Crippen MR) is 63.1 cm³/mol. The molecule has 5 nitrogen and oxygen atoms in total. The van der Waals surface area contributed by atoms with Crippen molar-refractivity contribution in [1.29, 1.82) is 0 Å². The summed E-state index contributed by atoms with van der Waals surface area (Å²) < 4.78 is 21.2. The first-order chi connectivity index (χ1) is 8.33. The molecule has 17 heavy (non-hydrogen) atoms. The number of ether oxygens (including phenoxy) is 4. The highest BCUT2D eigenvalue weighted by Gasteiger charge is 2.36. The molecule has 0 atom stereocenters. The fraction of sp³-hybridized carbons (Fsp3) is 1.00. The Hall–Kier alpha value is -0.200. The van der Waals surface area contributed by atoms with Gasteiger partial charge in [-0.2, -0.15) is 0 Å². The molecule has 0 aliphatic carbocycles. The van der Waals surface area contributed by atoms with Gasteiger partial charge in [-0.05, 0) is 6.42 Å². The average Bonchev–Trinajstić information content (AvgIpc) is 2.30. The van der Waals surface area contributed by atoms with Gasteiger partial charge < -0.3 is 24.1 Å². The number of hydrogen-bond donors (Lipinski definition) is 1. The Bertz CT molecular complexity index is 176. The maximum atomic E-state index is 8.47. The number of aliphatic hydroxyl groups excluding tert-OH is 1. The van der Waals surface area contributed by atoms with E-state index in [2.05, 4.69) is 6.92 Å². The van der Waals surface area contributed by atoms with Gasteiger partial charge in [-0.3, -0.25) is 0 Å². The first-order valence-corrected chi connectivity index (χ1v) is 6.25. The van der Waals surface area contributed by atoms with Gasteiger partial charge in [0, 0.05) is 5.41 Å². The van der Waals surface area contributed by atoms with E-state index in [0.29, 0.717) is 33.0 Å². The number of hydrogen-bond acceptors (Lipinski definition) is 5. The molecule has 5 heteroatoms. The maximum Gasteiger partial charge on any atom is 0.0701 e. The minimum Gasteiger partial charge on any atom is -0.394 e. The van der Waals surface area contributed by atoms with E-state index < -0.39 is 0 Å². The minimum absolute atomic E-state index is 0.0598. The lowest BCUT2D eigenvalue weighted by molar-refractivity contribution is -0.153. The summed E-state index contributed by atoms with van der Waals surface area (Å²) in [5, 5.41) is 8.47. The van der Waals surface area contributed by atoms with E-state index >= 15 is 0 Å². The Morgan fingerprint density at radius 1 is 1.00 bits per heavy atom. The van der Waals surface area contributed by atoms with E-state index in [-0.39, 0.29) is 12.0 Å². The van der Waals surface area contributed by atoms with Gasteiger partial charge in [0.15, 0.2) is 0 Å². The number of aliphatic hydroxyl groups is 1. The Kier molecular flexibility index (Phi) is 7.72. The normalized spacial score (nSPS) is 18.0. The quantitative estimate of drug-likeness (QED) is 0.538. The largest absolute Gasteiger partial charge is 0.394 e. The highest BCUT2D eigenvalue weighted by Crippen LogP contribution is 2.31. The second-order valence-corrected chi connectivity index (χ2v) is 4.35. The fourth-order valence-corrected chi connectivity index (χ4v) is 1.57. The molecule has 1 aliphatic heterocycles. The Labute approximate surface area is 103 Å². The fourth-order valence-electron chi connectivity index (χ4n) is 1.57. The van der Waals surface area contributed by atoms with Crippen molar-refractivity contribution in [2.24, 2.45) is 5.41 Å². The summed E-state index contributed by atoms with van der Waals surface area (Å²) in [4.78, 5) is 0. The second kappa shape index (κ2) is 8.83. The average molecular weight is 248 g/mol. The number of rotatable bonds is 11. The highest BCUT2D eigenvalue weighted by atomic mass is 16.5. The molecule has 0 aromatic heterocycles. The molecule has 0 aromatic rings. The summed E-state index contributed by atoms with van der Waals surface area (Å²) in [5.41, 5.74) is 0.254. The molecular formula is C12H24O5. The maximum absolute atomic E-state index is 8.47. The lowest BCUT2D eigenvalue weighted by Gasteiger charge is -2.40. The van der Waals surface area contributed by atoms with Crippen LogP contribution in [0.5, 0.6) is 0 Å². The van der Waals surface area contributed by atoms with E-state index in [1.165, 1.54) is 0 Å². The van der Waals surface area contributed by atoms with Crippen LogP contribution in [0, 0.1) is 5.41 Å². The third kappa shape index (κ3) is 5.79. The monoisotopic (exact) mass is 248 g/mol. The van der Waals surface area contributed by atoms with E-state index in [1.54, 1.807) is 0 Å². The molecule has 0 amide bonds. The van der Waals surface area contributed by atoms with E-state index in [1.807, 2.05) is 0 Å². The molecular weight excluding hydrogens is 224 g/mol. The van der Waals surface area contributed by atoms with Gasteiger partial charge in [-0.15, -0.1) is 0 Å². The van der Waals surface area contributed by atoms with Crippen molar-refractivity contribution in [2.75, 3.05) is 59.5 Å². The molecule has 0 unspecified atom stereocenters. The summed E-state index contributed by atoms with van der Waals surface area (Å²) in [6.07, 6.45) is 1.10. The van der Waals surface area contributed by atoms with Gasteiger partial charge in [-0.25, -0.2) is 0 Å². The van der Waals surface area contributed by atoms with Crippen molar-refractivity contribution in [3.05, 3.63) is 0 Å². The summed E-state index contributed by atoms with van der Waals surface area (Å²) in [7, 11) is 0. The zero-order chi connectivity index (χ0) is 12.4. The van der Waals surface area contributed by atoms with Crippen molar-refractivity contribution in [3.63, 3.8) is 0 Å². The molecule has 1 saturated heterocycles. The van der Waals surface area contributed by atoms with Crippen LogP contribution in [0.2, 0.25) is 0 Å². The highest BCUT2D eigenvalue weighted by molar-refractivity contribution is 4.83. The topological polar surface area (TPSA) is 57.2 Å². The van der Waals surface area contributed by atoms with E-state index in [0.717, 1.165) is 26.2 Å². The lowest BCUT2D eigenvalue weighted by Crippen LogP contribution is -2.45. The molecule has 0 saturated carbocycles. The van der Waals surface area contributed by atoms with E-state index in [4.69, 9.17) is 24.1 Å². The summed E-state index contributed by atoms with van der Waals surface area (Å²) in [6, 6.07) is 0. The first kappa shape index (κ1) is 14.9. The van der Waals surface area contributed by atoms with Gasteiger partial charge in [0.25, 0.3) is 0 Å². The molecule has 1 rings (SSSR count). The van der Waals surface area contributed by atoms with Crippen LogP contribution >= 0.6 is 0 Å². The van der Waals surface area contributed by atoms with Crippen LogP contribution < -0.4 is 0 Å². The molecule has 102 valence electrons. The first-order valence-electron chi connectivity index (χ1n) is 6.25. The van der Waals surface area contributed by atoms with Crippen LogP contribution in [-0.4, -0.2) is 64.6 Å². The van der Waals surface area contributed by atoms with E-state index in [9.17, 15) is 0 Å². The second-order valence-electron chi connectivity index (χ2n) is 4.35. The molecule has 1 heterocycles. The summed E-state index contributed by atoms with van der Waals surface area (Å²) in [6.45, 7) is 7.26. The van der Waals surface area contributed by atoms with Crippen molar-refractivity contribution in [3.8, 4) is 0 Å². The van der Waals surface area contributed by atoms with Gasteiger partial charge in [-0.1, -0.05) is 6.92 Å². The molecule has 1 aliphatic rings. The summed E-state index contributed by atoms with van der Waals surface area (Å²) in [5.74, 6) is 0. The Morgan fingerprint density at radius 3 is 2.06 bits per heavy atom. The zero-order valence-electron chi connectivity index (χ0n) is 10.7. The van der Waals surface area contributed by atoms with Crippen molar-refractivity contribution < 1.29 is 24.1 Å². The third-order valence-electron chi connectivity index (χ3n) is 2.95. The van der Waals surface area contributed by atoms with Crippen LogP contribution in [0.3, 0.4) is 0 Å². The molecule has 0 spiro atoms. The molecule has 0 aromatic carbocycles. The summed E-state index contributed by atoms with van der Waals surface area (Å²) >= 11 is 0. The standard InChI is InChI=1S/C12H24O5/c1-2-12(10-17-11-12)9-16-8-7-15-6-5-14-4-3-13/h13H,2-11H2,1H3. The Morgan fingerprint density at radius 2 is 1.59 bits per heavy atom. The predicted octanol–water partition coefficient (Wildman–Crippen LogP) is 0.455. The minimum atomic E-state index is 0.0598. The van der Waals surface area contributed by atoms with Crippen molar-refractivity contribution >= 4 is 0 Å². The van der Waals surface area contributed by atoms with Crippen molar-refractivity contribution in [2.45, 2.75) is 13.3 Å². The SMILES string of the molecule is CCC1(COCCOCCOCCO)COC1. The molecule has 1 fully saturated rings. The third-order valence-corrected chi connectivity index (χ3v) is 2.95. The van der Waals surface area contributed by atoms with Crippen LogP contribution in [0.25, 0.3) is 0 Å². The van der Waals surface area contributed by atoms with Crippen LogP contribution in [-0.2, 0) is 18.9 Å². The molecule has 0 bridgehead atoms.